The molecule has 0 unspecified atom stereocenters. The third-order valence-corrected chi connectivity index (χ3v) is 3.96. The molecule has 0 radical (unpaired) electrons. The maximum absolute atomic E-state index is 12.2. The standard InChI is InChI=1S/C17H22N2O3/c20-17(18-6-3-7-19-8-10-21-11-9-19)15-12-14-4-1-2-5-16(14)22-13-15/h1-2,4-5,12H,3,6-11,13H2,(H,18,20). The van der Waals surface area contributed by atoms with Gasteiger partial charge in [0.2, 0.25) is 0 Å². The number of ether oxygens (including phenoxy) is 2. The Morgan fingerprint density at radius 3 is 2.91 bits per heavy atom. The first kappa shape index (κ1) is 15.1. The number of nitrogens with one attached hydrogen (secondary N) is 1. The Kier molecular flexibility index (Phi) is 5.08. The van der Waals surface area contributed by atoms with Crippen LogP contribution in [0.5, 0.6) is 5.75 Å². The van der Waals surface area contributed by atoms with Crippen LogP contribution >= 0.6 is 0 Å². The fraction of sp³-hybridized carbons (Fsp3) is 0.471. The van der Waals surface area contributed by atoms with Crippen LogP contribution in [0.4, 0.5) is 0 Å². The van der Waals surface area contributed by atoms with E-state index in [0.717, 1.165) is 50.6 Å². The van der Waals surface area contributed by atoms with Gasteiger partial charge in [0.25, 0.3) is 5.91 Å². The van der Waals surface area contributed by atoms with Crippen LogP contribution in [0.15, 0.2) is 29.8 Å². The molecule has 1 aromatic rings. The van der Waals surface area contributed by atoms with Crippen LogP contribution < -0.4 is 10.1 Å². The number of hydrogen-bond donors (Lipinski definition) is 1. The van der Waals surface area contributed by atoms with E-state index in [1.807, 2.05) is 30.3 Å². The molecule has 5 nitrogen and oxygen atoms in total. The Morgan fingerprint density at radius 1 is 1.23 bits per heavy atom. The maximum atomic E-state index is 12.2. The second-order valence-corrected chi connectivity index (χ2v) is 5.56. The van der Waals surface area contributed by atoms with E-state index >= 15 is 0 Å². The van der Waals surface area contributed by atoms with Gasteiger partial charge in [-0.3, -0.25) is 9.69 Å². The number of amides is 1. The lowest BCUT2D eigenvalue weighted by molar-refractivity contribution is -0.117. The highest BCUT2D eigenvalue weighted by molar-refractivity contribution is 5.99. The van der Waals surface area contributed by atoms with Gasteiger partial charge in [0.15, 0.2) is 0 Å². The Balaban J connectivity index is 1.43. The molecular weight excluding hydrogens is 280 g/mol. The second kappa shape index (κ2) is 7.42. The number of morpholine rings is 1. The number of carbonyl (C=O) groups is 1. The van der Waals surface area contributed by atoms with E-state index in [1.54, 1.807) is 0 Å². The van der Waals surface area contributed by atoms with Crippen LogP contribution in [-0.2, 0) is 9.53 Å². The Hall–Kier alpha value is -1.85. The van der Waals surface area contributed by atoms with Crippen LogP contribution in [-0.4, -0.2) is 56.8 Å². The van der Waals surface area contributed by atoms with Crippen molar-refractivity contribution < 1.29 is 14.3 Å². The molecule has 1 N–H and O–H groups in total. The summed E-state index contributed by atoms with van der Waals surface area (Å²) in [6, 6.07) is 7.76. The molecule has 0 bridgehead atoms. The van der Waals surface area contributed by atoms with E-state index in [9.17, 15) is 4.79 Å². The second-order valence-electron chi connectivity index (χ2n) is 5.56. The molecule has 0 aliphatic carbocycles. The molecule has 0 aromatic heterocycles. The number of carbonyl (C=O) groups excluding carboxylic acids is 1. The van der Waals surface area contributed by atoms with Crippen molar-refractivity contribution in [3.8, 4) is 5.75 Å². The molecule has 1 fully saturated rings. The van der Waals surface area contributed by atoms with Gasteiger partial charge in [-0.1, -0.05) is 18.2 Å². The predicted molar refractivity (Wildman–Crippen MR) is 84.8 cm³/mol. The zero-order valence-corrected chi connectivity index (χ0v) is 12.7. The summed E-state index contributed by atoms with van der Waals surface area (Å²) in [4.78, 5) is 14.5. The summed E-state index contributed by atoms with van der Waals surface area (Å²) in [6.45, 7) is 5.64. The molecule has 118 valence electrons. The van der Waals surface area contributed by atoms with Crippen LogP contribution in [0.1, 0.15) is 12.0 Å². The minimum atomic E-state index is -0.0310. The fourth-order valence-corrected chi connectivity index (χ4v) is 2.69. The smallest absolute Gasteiger partial charge is 0.250 e. The van der Waals surface area contributed by atoms with Crippen molar-refractivity contribution in [1.82, 2.24) is 10.2 Å². The van der Waals surface area contributed by atoms with Gasteiger partial charge >= 0.3 is 0 Å². The van der Waals surface area contributed by atoms with E-state index < -0.39 is 0 Å². The van der Waals surface area contributed by atoms with Crippen molar-refractivity contribution in [1.29, 1.82) is 0 Å². The first-order chi connectivity index (χ1) is 10.8. The summed E-state index contributed by atoms with van der Waals surface area (Å²) >= 11 is 0. The quantitative estimate of drug-likeness (QED) is 0.833. The zero-order chi connectivity index (χ0) is 15.2. The maximum Gasteiger partial charge on any atom is 0.250 e. The van der Waals surface area contributed by atoms with Gasteiger partial charge in [0.05, 0.1) is 18.8 Å². The summed E-state index contributed by atoms with van der Waals surface area (Å²) in [5.74, 6) is 0.808. The minimum absolute atomic E-state index is 0.0310. The highest BCUT2D eigenvalue weighted by atomic mass is 16.5. The third-order valence-electron chi connectivity index (χ3n) is 3.96. The molecule has 0 atom stereocenters. The monoisotopic (exact) mass is 302 g/mol. The number of nitrogens with zero attached hydrogens (tertiary/aromatic N) is 1. The van der Waals surface area contributed by atoms with Gasteiger partial charge in [-0.2, -0.15) is 0 Å². The first-order valence-corrected chi connectivity index (χ1v) is 7.83. The normalized spacial score (nSPS) is 18.1. The Bertz CT molecular complexity index is 551. The van der Waals surface area contributed by atoms with Crippen molar-refractivity contribution in [3.05, 3.63) is 35.4 Å². The molecule has 1 aromatic carbocycles. The lowest BCUT2D eigenvalue weighted by atomic mass is 10.1. The number of rotatable bonds is 5. The number of para-hydroxylation sites is 1. The van der Waals surface area contributed by atoms with Crippen LogP contribution in [0.25, 0.3) is 6.08 Å². The van der Waals surface area contributed by atoms with Gasteiger partial charge in [0.1, 0.15) is 12.4 Å². The minimum Gasteiger partial charge on any atom is -0.488 e. The summed E-state index contributed by atoms with van der Waals surface area (Å²) in [7, 11) is 0. The van der Waals surface area contributed by atoms with Crippen LogP contribution in [0, 0.1) is 0 Å². The van der Waals surface area contributed by atoms with E-state index in [0.29, 0.717) is 18.7 Å². The average molecular weight is 302 g/mol. The summed E-state index contributed by atoms with van der Waals surface area (Å²) in [5, 5.41) is 2.98. The van der Waals surface area contributed by atoms with Crippen LogP contribution in [0.3, 0.4) is 0 Å². The predicted octanol–water partition coefficient (Wildman–Crippen LogP) is 1.30. The molecule has 1 saturated heterocycles. The molecule has 3 rings (SSSR count). The van der Waals surface area contributed by atoms with Gasteiger partial charge < -0.3 is 14.8 Å². The highest BCUT2D eigenvalue weighted by Gasteiger charge is 2.16. The summed E-state index contributed by atoms with van der Waals surface area (Å²) in [6.07, 6.45) is 2.87. The Morgan fingerprint density at radius 2 is 2.05 bits per heavy atom. The summed E-state index contributed by atoms with van der Waals surface area (Å²) < 4.78 is 10.9. The van der Waals surface area contributed by atoms with E-state index in [1.165, 1.54) is 0 Å². The number of hydrogen-bond acceptors (Lipinski definition) is 4. The van der Waals surface area contributed by atoms with Crippen molar-refractivity contribution in [2.75, 3.05) is 46.0 Å². The molecule has 0 saturated carbocycles. The third kappa shape index (κ3) is 3.87. The average Bonchev–Trinajstić information content (AvgIpc) is 2.59. The van der Waals surface area contributed by atoms with Gasteiger partial charge in [-0.05, 0) is 25.1 Å². The van der Waals surface area contributed by atoms with Crippen LogP contribution in [0.2, 0.25) is 0 Å². The summed E-state index contributed by atoms with van der Waals surface area (Å²) in [5.41, 5.74) is 1.65. The van der Waals surface area contributed by atoms with E-state index in [-0.39, 0.29) is 5.91 Å². The number of benzene rings is 1. The van der Waals surface area contributed by atoms with Crippen molar-refractivity contribution in [2.45, 2.75) is 6.42 Å². The molecule has 1 amide bonds. The van der Waals surface area contributed by atoms with E-state index in [2.05, 4.69) is 10.2 Å². The fourth-order valence-electron chi connectivity index (χ4n) is 2.69. The highest BCUT2D eigenvalue weighted by Crippen LogP contribution is 2.25. The molecule has 0 spiro atoms. The number of fused-ring (bicyclic) bond motifs is 1. The SMILES string of the molecule is O=C(NCCCN1CCOCC1)C1=Cc2ccccc2OC1. The van der Waals surface area contributed by atoms with Crippen molar-refractivity contribution in [3.63, 3.8) is 0 Å². The molecule has 22 heavy (non-hydrogen) atoms. The zero-order valence-electron chi connectivity index (χ0n) is 12.7. The van der Waals surface area contributed by atoms with Crippen molar-refractivity contribution >= 4 is 12.0 Å². The molecular formula is C17H22N2O3. The van der Waals surface area contributed by atoms with E-state index in [4.69, 9.17) is 9.47 Å². The van der Waals surface area contributed by atoms with Gasteiger partial charge in [0, 0.05) is 25.2 Å². The van der Waals surface area contributed by atoms with Gasteiger partial charge in [-0.25, -0.2) is 0 Å². The first-order valence-electron chi connectivity index (χ1n) is 7.83. The largest absolute Gasteiger partial charge is 0.488 e. The lowest BCUT2D eigenvalue weighted by Crippen LogP contribution is -2.38. The molecule has 2 heterocycles. The molecule has 2 aliphatic rings. The van der Waals surface area contributed by atoms with Gasteiger partial charge in [-0.15, -0.1) is 0 Å². The molecule has 5 heteroatoms. The Labute approximate surface area is 130 Å². The lowest BCUT2D eigenvalue weighted by Gasteiger charge is -2.26. The van der Waals surface area contributed by atoms with Crippen molar-refractivity contribution in [2.24, 2.45) is 0 Å². The topological polar surface area (TPSA) is 50.8 Å². The molecule has 2 aliphatic heterocycles.